The number of likely N-dealkylation sites (N-methyl/N-ethyl adjacent to an activating group) is 1. The van der Waals surface area contributed by atoms with Crippen LogP contribution in [-0.4, -0.2) is 43.2 Å². The van der Waals surface area contributed by atoms with Crippen LogP contribution >= 0.6 is 11.3 Å². The van der Waals surface area contributed by atoms with Crippen LogP contribution in [0.25, 0.3) is 33.7 Å². The normalized spacial score (nSPS) is 13.0. The summed E-state index contributed by atoms with van der Waals surface area (Å²) in [4.78, 5) is 15.1. The maximum absolute atomic E-state index is 11.8. The van der Waals surface area contributed by atoms with Crippen LogP contribution in [0.3, 0.4) is 0 Å². The number of aromatic carboxylic acids is 1. The molecule has 0 fully saturated rings. The molecule has 0 atom stereocenters. The predicted molar refractivity (Wildman–Crippen MR) is 123 cm³/mol. The number of hydrogen-bond acceptors (Lipinski definition) is 5. The van der Waals surface area contributed by atoms with Gasteiger partial charge in [0.25, 0.3) is 0 Å². The van der Waals surface area contributed by atoms with Crippen LogP contribution in [-0.2, 0) is 0 Å². The molecule has 1 aliphatic carbocycles. The van der Waals surface area contributed by atoms with Crippen LogP contribution < -0.4 is 19.9 Å². The van der Waals surface area contributed by atoms with E-state index in [2.05, 4.69) is 17.0 Å². The molecule has 156 valence electrons. The van der Waals surface area contributed by atoms with E-state index in [9.17, 15) is 9.90 Å². The minimum absolute atomic E-state index is 0.320. The molecule has 0 radical (unpaired) electrons. The van der Waals surface area contributed by atoms with Crippen LogP contribution in [0, 0.1) is 0 Å². The number of carbonyl (C=O) groups is 1. The molecule has 5 nitrogen and oxygen atoms in total. The Hall–Kier alpha value is -3.35. The van der Waals surface area contributed by atoms with Crippen molar-refractivity contribution < 1.29 is 19.4 Å². The zero-order chi connectivity index (χ0) is 21.5. The second kappa shape index (κ2) is 7.72. The molecule has 2 aromatic carbocycles. The van der Waals surface area contributed by atoms with Gasteiger partial charge in [-0.3, -0.25) is 0 Å². The van der Waals surface area contributed by atoms with Crippen LogP contribution in [0.2, 0.25) is 0 Å². The van der Waals surface area contributed by atoms with E-state index in [1.807, 2.05) is 50.5 Å². The van der Waals surface area contributed by atoms with Crippen molar-refractivity contribution in [2.45, 2.75) is 0 Å². The highest BCUT2D eigenvalue weighted by atomic mass is 32.1. The molecule has 5 rings (SSSR count). The fourth-order valence-corrected chi connectivity index (χ4v) is 4.91. The molecular weight excluding hydrogens is 410 g/mol. The first-order valence-corrected chi connectivity index (χ1v) is 10.8. The third kappa shape index (κ3) is 3.54. The van der Waals surface area contributed by atoms with Gasteiger partial charge in [0.15, 0.2) is 0 Å². The van der Waals surface area contributed by atoms with E-state index in [1.54, 1.807) is 12.3 Å². The average molecular weight is 432 g/mol. The minimum Gasteiger partial charge on any atom is -0.492 e. The van der Waals surface area contributed by atoms with Crippen molar-refractivity contribution in [3.63, 3.8) is 0 Å². The predicted octanol–water partition coefficient (Wildman–Crippen LogP) is 3.55. The number of ether oxygens (including phenoxy) is 2. The lowest BCUT2D eigenvalue weighted by Crippen LogP contribution is -2.19. The summed E-state index contributed by atoms with van der Waals surface area (Å²) in [7, 11) is 4.02. The number of carboxylic acid groups (broad SMARTS) is 1. The molecule has 1 aliphatic heterocycles. The Labute approximate surface area is 183 Å². The van der Waals surface area contributed by atoms with Crippen molar-refractivity contribution in [3.05, 3.63) is 69.6 Å². The molecule has 0 unspecified atom stereocenters. The van der Waals surface area contributed by atoms with Gasteiger partial charge in [0.1, 0.15) is 23.0 Å². The van der Waals surface area contributed by atoms with E-state index < -0.39 is 5.97 Å². The number of benzene rings is 2. The monoisotopic (exact) mass is 431 g/mol. The highest BCUT2D eigenvalue weighted by Crippen LogP contribution is 2.44. The van der Waals surface area contributed by atoms with Crippen LogP contribution in [0.15, 0.2) is 48.7 Å². The number of thiophene rings is 1. The second-order valence-electron chi connectivity index (χ2n) is 7.76. The number of fused-ring (bicyclic) bond motifs is 6. The average Bonchev–Trinajstić information content (AvgIpc) is 3.14. The van der Waals surface area contributed by atoms with Crippen molar-refractivity contribution in [3.8, 4) is 33.1 Å². The van der Waals surface area contributed by atoms with Gasteiger partial charge >= 0.3 is 5.97 Å². The molecule has 3 aromatic rings. The van der Waals surface area contributed by atoms with E-state index in [0.717, 1.165) is 55.6 Å². The highest BCUT2D eigenvalue weighted by molar-refractivity contribution is 7.18. The molecule has 1 aromatic heterocycles. The Bertz CT molecular complexity index is 1350. The molecule has 1 N–H and O–H groups in total. The van der Waals surface area contributed by atoms with E-state index in [0.29, 0.717) is 11.5 Å². The maximum atomic E-state index is 11.8. The first-order chi connectivity index (χ1) is 15.0. The summed E-state index contributed by atoms with van der Waals surface area (Å²) in [5, 5.41) is 11.6. The summed E-state index contributed by atoms with van der Waals surface area (Å²) < 4.78 is 11.8. The lowest BCUT2D eigenvalue weighted by atomic mass is 10.0. The molecule has 0 bridgehead atoms. The molecule has 31 heavy (non-hydrogen) atoms. The zero-order valence-corrected chi connectivity index (χ0v) is 18.0. The van der Waals surface area contributed by atoms with E-state index in [4.69, 9.17) is 9.47 Å². The Morgan fingerprint density at radius 1 is 1.13 bits per heavy atom. The number of nitrogens with zero attached hydrogens (tertiary/aromatic N) is 1. The van der Waals surface area contributed by atoms with E-state index >= 15 is 0 Å². The van der Waals surface area contributed by atoms with Gasteiger partial charge in [-0.05, 0) is 67.4 Å². The minimum atomic E-state index is -0.917. The molecule has 2 aliphatic rings. The quantitative estimate of drug-likeness (QED) is 0.524. The Balaban J connectivity index is 1.77. The summed E-state index contributed by atoms with van der Waals surface area (Å²) in [5.41, 5.74) is 3.84. The fraction of sp³-hybridized carbons (Fsp3) is 0.160. The Morgan fingerprint density at radius 2 is 2.00 bits per heavy atom. The third-order valence-electron chi connectivity index (χ3n) is 5.37. The van der Waals surface area contributed by atoms with Crippen molar-refractivity contribution >= 4 is 29.5 Å². The Morgan fingerprint density at radius 3 is 2.81 bits per heavy atom. The molecule has 0 saturated carbocycles. The van der Waals surface area contributed by atoms with Crippen LogP contribution in [0.4, 0.5) is 0 Å². The van der Waals surface area contributed by atoms with Gasteiger partial charge in [-0.2, -0.15) is 0 Å². The molecule has 6 heteroatoms. The molecule has 0 spiro atoms. The number of hydrogen-bond donors (Lipinski definition) is 1. The largest absolute Gasteiger partial charge is 0.492 e. The van der Waals surface area contributed by atoms with Gasteiger partial charge in [-0.15, -0.1) is 11.3 Å². The summed E-state index contributed by atoms with van der Waals surface area (Å²) in [5.74, 6) is 0.648. The summed E-state index contributed by atoms with van der Waals surface area (Å²) in [6.07, 6.45) is 7.63. The molecule has 0 saturated heterocycles. The molecule has 2 heterocycles. The zero-order valence-electron chi connectivity index (χ0n) is 17.2. The van der Waals surface area contributed by atoms with Gasteiger partial charge in [0, 0.05) is 33.3 Å². The van der Waals surface area contributed by atoms with Crippen molar-refractivity contribution in [2.24, 2.45) is 0 Å². The van der Waals surface area contributed by atoms with E-state index in [1.165, 1.54) is 11.3 Å². The smallest absolute Gasteiger partial charge is 0.345 e. The van der Waals surface area contributed by atoms with Crippen molar-refractivity contribution in [1.29, 1.82) is 0 Å². The summed E-state index contributed by atoms with van der Waals surface area (Å²) in [6, 6.07) is 11.8. The van der Waals surface area contributed by atoms with Crippen LogP contribution in [0.1, 0.15) is 15.2 Å². The summed E-state index contributed by atoms with van der Waals surface area (Å²) >= 11 is 1.30. The Kier molecular flexibility index (Phi) is 4.88. The maximum Gasteiger partial charge on any atom is 0.345 e. The highest BCUT2D eigenvalue weighted by Gasteiger charge is 2.23. The second-order valence-corrected chi connectivity index (χ2v) is 8.81. The topological polar surface area (TPSA) is 59.0 Å². The van der Waals surface area contributed by atoms with Crippen LogP contribution in [0.5, 0.6) is 11.5 Å². The lowest BCUT2D eigenvalue weighted by molar-refractivity contribution is 0.0702. The van der Waals surface area contributed by atoms with Gasteiger partial charge < -0.3 is 19.5 Å². The van der Waals surface area contributed by atoms with Gasteiger partial charge in [0.05, 0.1) is 6.26 Å². The van der Waals surface area contributed by atoms with E-state index in [-0.39, 0.29) is 0 Å². The first-order valence-electron chi connectivity index (χ1n) is 9.99. The lowest BCUT2D eigenvalue weighted by Gasteiger charge is -2.14. The SMILES string of the molecule is CN(C)CCOc1cccc2c1C=c1cc3c(cc1-c1cc(C(=O)O)sc1-2)=CC=CO3. The molecule has 0 amide bonds. The summed E-state index contributed by atoms with van der Waals surface area (Å²) in [6.45, 7) is 1.37. The van der Waals surface area contributed by atoms with Gasteiger partial charge in [0.2, 0.25) is 0 Å². The van der Waals surface area contributed by atoms with Gasteiger partial charge in [-0.1, -0.05) is 12.1 Å². The fourth-order valence-electron chi connectivity index (χ4n) is 3.86. The number of allylic oxidation sites excluding steroid dienone is 1. The number of carboxylic acids is 1. The molecular formula is C25H21NO4S. The number of rotatable bonds is 5. The van der Waals surface area contributed by atoms with Crippen molar-refractivity contribution in [1.82, 2.24) is 4.90 Å². The van der Waals surface area contributed by atoms with Gasteiger partial charge in [-0.25, -0.2) is 4.79 Å². The third-order valence-corrected chi connectivity index (χ3v) is 6.53. The first kappa shape index (κ1) is 19.6. The van der Waals surface area contributed by atoms with Crippen molar-refractivity contribution in [2.75, 3.05) is 27.2 Å². The standard InChI is InChI=1S/C25H21NO4S/c1-26(2)8-10-30-21-7-3-6-17-19(21)12-16-13-22-15(5-4-9-29-22)11-18(16)20-14-23(25(27)28)31-24(17)20/h3-7,9,11-14H,8,10H2,1-2H3,(H,27,28).